The van der Waals surface area contributed by atoms with Gasteiger partial charge in [-0.25, -0.2) is 4.39 Å². The summed E-state index contributed by atoms with van der Waals surface area (Å²) in [5.74, 6) is 0.667. The molecule has 0 saturated carbocycles. The Labute approximate surface area is 178 Å². The van der Waals surface area contributed by atoms with Gasteiger partial charge >= 0.3 is 0 Å². The number of rotatable bonds is 8. The summed E-state index contributed by atoms with van der Waals surface area (Å²) >= 11 is 0. The Morgan fingerprint density at radius 2 is 2.14 bits per heavy atom. The van der Waals surface area contributed by atoms with Gasteiger partial charge in [-0.3, -0.25) is 9.59 Å². The second-order valence-corrected chi connectivity index (χ2v) is 7.65. The molecule has 0 aromatic heterocycles. The number of halogens is 2. The van der Waals surface area contributed by atoms with Gasteiger partial charge in [0.1, 0.15) is 11.6 Å². The molecule has 0 radical (unpaired) electrons. The Morgan fingerprint density at radius 1 is 1.28 bits per heavy atom. The highest BCUT2D eigenvalue weighted by Crippen LogP contribution is 2.18. The van der Waals surface area contributed by atoms with Crippen LogP contribution in [0.5, 0.6) is 5.75 Å². The van der Waals surface area contributed by atoms with Crippen LogP contribution < -0.4 is 15.4 Å². The van der Waals surface area contributed by atoms with Crippen molar-refractivity contribution in [3.63, 3.8) is 0 Å². The van der Waals surface area contributed by atoms with Crippen LogP contribution in [0.2, 0.25) is 0 Å². The molecular formula is C21H31ClFN3O3. The first-order valence-electron chi connectivity index (χ1n) is 10.3. The van der Waals surface area contributed by atoms with Gasteiger partial charge in [-0.1, -0.05) is 6.07 Å². The lowest BCUT2D eigenvalue weighted by molar-refractivity contribution is -0.133. The average molecular weight is 428 g/mol. The highest BCUT2D eigenvalue weighted by atomic mass is 35.5. The lowest BCUT2D eigenvalue weighted by Gasteiger charge is -2.33. The van der Waals surface area contributed by atoms with Gasteiger partial charge in [-0.2, -0.15) is 0 Å². The van der Waals surface area contributed by atoms with Crippen molar-refractivity contribution in [2.75, 3.05) is 32.8 Å². The van der Waals surface area contributed by atoms with E-state index in [0.29, 0.717) is 44.2 Å². The van der Waals surface area contributed by atoms with Gasteiger partial charge in [-0.15, -0.1) is 12.4 Å². The minimum Gasteiger partial charge on any atom is -0.493 e. The molecule has 0 aliphatic carbocycles. The fourth-order valence-electron chi connectivity index (χ4n) is 3.86. The highest BCUT2D eigenvalue weighted by Gasteiger charge is 2.26. The van der Waals surface area contributed by atoms with Gasteiger partial charge in [0, 0.05) is 32.1 Å². The van der Waals surface area contributed by atoms with Gasteiger partial charge < -0.3 is 20.3 Å². The zero-order valence-corrected chi connectivity index (χ0v) is 17.5. The maximum atomic E-state index is 13.1. The van der Waals surface area contributed by atoms with Crippen LogP contribution in [0.15, 0.2) is 24.3 Å². The van der Waals surface area contributed by atoms with Crippen LogP contribution in [0.3, 0.4) is 0 Å². The summed E-state index contributed by atoms with van der Waals surface area (Å²) < 4.78 is 18.6. The molecule has 2 heterocycles. The lowest BCUT2D eigenvalue weighted by Crippen LogP contribution is -2.46. The number of likely N-dealkylation sites (tertiary alicyclic amines) is 1. The van der Waals surface area contributed by atoms with E-state index in [-0.39, 0.29) is 36.1 Å². The van der Waals surface area contributed by atoms with Gasteiger partial charge in [0.2, 0.25) is 11.8 Å². The number of benzene rings is 1. The van der Waals surface area contributed by atoms with E-state index in [9.17, 15) is 14.0 Å². The molecule has 2 atom stereocenters. The van der Waals surface area contributed by atoms with E-state index in [0.717, 1.165) is 38.8 Å². The van der Waals surface area contributed by atoms with Gasteiger partial charge in [0.25, 0.3) is 0 Å². The third kappa shape index (κ3) is 7.48. The maximum Gasteiger partial charge on any atom is 0.237 e. The number of hydrogen-bond acceptors (Lipinski definition) is 4. The number of piperidine rings is 1. The first-order chi connectivity index (χ1) is 13.6. The summed E-state index contributed by atoms with van der Waals surface area (Å²) in [6.07, 6.45) is 4.96. The van der Waals surface area contributed by atoms with Crippen LogP contribution in [0.4, 0.5) is 4.39 Å². The second-order valence-electron chi connectivity index (χ2n) is 7.65. The van der Waals surface area contributed by atoms with Crippen LogP contribution in [0.1, 0.15) is 38.5 Å². The van der Waals surface area contributed by atoms with Gasteiger partial charge in [-0.05, 0) is 56.7 Å². The van der Waals surface area contributed by atoms with Crippen molar-refractivity contribution in [1.29, 1.82) is 0 Å². The molecule has 0 spiro atoms. The summed E-state index contributed by atoms with van der Waals surface area (Å²) in [5.41, 5.74) is 0. The molecule has 2 N–H and O–H groups in total. The predicted molar refractivity (Wildman–Crippen MR) is 112 cm³/mol. The normalized spacial score (nSPS) is 21.3. The number of nitrogens with zero attached hydrogens (tertiary/aromatic N) is 1. The smallest absolute Gasteiger partial charge is 0.237 e. The molecule has 0 bridgehead atoms. The zero-order chi connectivity index (χ0) is 19.8. The van der Waals surface area contributed by atoms with Crippen LogP contribution in [0.25, 0.3) is 0 Å². The second kappa shape index (κ2) is 12.0. The molecule has 2 aliphatic rings. The Hall–Kier alpha value is -1.86. The quantitative estimate of drug-likeness (QED) is 0.625. The van der Waals surface area contributed by atoms with Crippen LogP contribution in [-0.4, -0.2) is 55.5 Å². The Kier molecular flexibility index (Phi) is 9.67. The third-order valence-corrected chi connectivity index (χ3v) is 5.41. The maximum absolute atomic E-state index is 13.1. The van der Waals surface area contributed by atoms with Crippen molar-refractivity contribution in [2.24, 2.45) is 5.92 Å². The molecule has 1 aromatic rings. The van der Waals surface area contributed by atoms with Gasteiger partial charge in [0.15, 0.2) is 0 Å². The van der Waals surface area contributed by atoms with E-state index in [1.165, 1.54) is 12.1 Å². The average Bonchev–Trinajstić information content (AvgIpc) is 3.24. The number of amides is 2. The summed E-state index contributed by atoms with van der Waals surface area (Å²) in [5, 5.41) is 6.24. The van der Waals surface area contributed by atoms with Crippen molar-refractivity contribution >= 4 is 24.2 Å². The molecule has 1 aromatic carbocycles. The van der Waals surface area contributed by atoms with Gasteiger partial charge in [0.05, 0.1) is 12.6 Å². The summed E-state index contributed by atoms with van der Waals surface area (Å²) in [6, 6.07) is 5.96. The number of hydrogen-bond donors (Lipinski definition) is 2. The number of carbonyl (C=O) groups excluding carboxylic acids is 2. The zero-order valence-electron chi connectivity index (χ0n) is 16.7. The number of carbonyl (C=O) groups is 2. The Balaban J connectivity index is 0.00000300. The van der Waals surface area contributed by atoms with Crippen molar-refractivity contribution in [1.82, 2.24) is 15.5 Å². The molecule has 6 nitrogen and oxygen atoms in total. The minimum absolute atomic E-state index is 0. The van der Waals surface area contributed by atoms with Crippen LogP contribution >= 0.6 is 12.4 Å². The number of ether oxygens (including phenoxy) is 1. The molecule has 29 heavy (non-hydrogen) atoms. The first kappa shape index (κ1) is 23.4. The Morgan fingerprint density at radius 3 is 2.90 bits per heavy atom. The van der Waals surface area contributed by atoms with E-state index in [1.807, 2.05) is 4.90 Å². The molecule has 2 unspecified atom stereocenters. The number of nitrogens with one attached hydrogen (secondary N) is 2. The predicted octanol–water partition coefficient (Wildman–Crippen LogP) is 2.51. The summed E-state index contributed by atoms with van der Waals surface area (Å²) in [6.45, 7) is 3.40. The van der Waals surface area contributed by atoms with E-state index >= 15 is 0 Å². The topological polar surface area (TPSA) is 70.7 Å². The standard InChI is InChI=1S/C21H30FN3O3.ClH/c22-17-6-1-7-18(13-17)28-12-4-9-20(26)25-11-3-5-16(15-25)14-24-21(27)19-8-2-10-23-19;/h1,6-7,13,16,19,23H,2-5,8-12,14-15H2,(H,24,27);1H. The molecule has 8 heteroatoms. The van der Waals surface area contributed by atoms with E-state index < -0.39 is 0 Å². The van der Waals surface area contributed by atoms with Crippen molar-refractivity contribution in [3.8, 4) is 5.75 Å². The van der Waals surface area contributed by atoms with E-state index in [4.69, 9.17) is 4.74 Å². The van der Waals surface area contributed by atoms with E-state index in [2.05, 4.69) is 10.6 Å². The summed E-state index contributed by atoms with van der Waals surface area (Å²) in [4.78, 5) is 26.5. The highest BCUT2D eigenvalue weighted by molar-refractivity contribution is 5.85. The first-order valence-corrected chi connectivity index (χ1v) is 10.3. The third-order valence-electron chi connectivity index (χ3n) is 5.41. The summed E-state index contributed by atoms with van der Waals surface area (Å²) in [7, 11) is 0. The molecule has 2 saturated heterocycles. The molecular weight excluding hydrogens is 397 g/mol. The van der Waals surface area contributed by atoms with Crippen molar-refractivity contribution in [3.05, 3.63) is 30.1 Å². The monoisotopic (exact) mass is 427 g/mol. The fourth-order valence-corrected chi connectivity index (χ4v) is 3.86. The molecule has 2 amide bonds. The SMILES string of the molecule is Cl.O=C(NCC1CCCN(C(=O)CCCOc2cccc(F)c2)C1)C1CCCN1. The largest absolute Gasteiger partial charge is 0.493 e. The van der Waals surface area contributed by atoms with Crippen molar-refractivity contribution in [2.45, 2.75) is 44.6 Å². The van der Waals surface area contributed by atoms with Crippen molar-refractivity contribution < 1.29 is 18.7 Å². The molecule has 2 aliphatic heterocycles. The Bertz CT molecular complexity index is 670. The molecule has 162 valence electrons. The van der Waals surface area contributed by atoms with E-state index in [1.54, 1.807) is 12.1 Å². The van der Waals surface area contributed by atoms with Crippen LogP contribution in [-0.2, 0) is 9.59 Å². The van der Waals surface area contributed by atoms with Crippen LogP contribution in [0, 0.1) is 11.7 Å². The molecule has 2 fully saturated rings. The fraction of sp³-hybridized carbons (Fsp3) is 0.619. The lowest BCUT2D eigenvalue weighted by atomic mass is 9.97. The minimum atomic E-state index is -0.330. The molecule has 3 rings (SSSR count).